The van der Waals surface area contributed by atoms with Gasteiger partial charge in [-0.15, -0.1) is 0 Å². The van der Waals surface area contributed by atoms with Crippen LogP contribution in [0.5, 0.6) is 5.75 Å². The highest BCUT2D eigenvalue weighted by atomic mass is 79.9. The summed E-state index contributed by atoms with van der Waals surface area (Å²) in [5.41, 5.74) is 0.348. The van der Waals surface area contributed by atoms with Crippen LogP contribution in [0.3, 0.4) is 0 Å². The number of aliphatic hydroxyl groups is 2. The molecule has 0 saturated heterocycles. The van der Waals surface area contributed by atoms with Crippen molar-refractivity contribution >= 4 is 37.8 Å². The molecular formula is C12H14Br2O5. The van der Waals surface area contributed by atoms with Crippen LogP contribution in [0.25, 0.3) is 0 Å². The topological polar surface area (TPSA) is 76.0 Å². The molecular weight excluding hydrogens is 384 g/mol. The van der Waals surface area contributed by atoms with Crippen molar-refractivity contribution in [3.63, 3.8) is 0 Å². The minimum absolute atomic E-state index is 0.133. The van der Waals surface area contributed by atoms with E-state index in [1.807, 2.05) is 0 Å². The van der Waals surface area contributed by atoms with Crippen molar-refractivity contribution < 1.29 is 24.5 Å². The molecule has 0 amide bonds. The Labute approximate surface area is 127 Å². The highest BCUT2D eigenvalue weighted by molar-refractivity contribution is 9.11. The highest BCUT2D eigenvalue weighted by Crippen LogP contribution is 2.36. The van der Waals surface area contributed by atoms with Gasteiger partial charge < -0.3 is 19.7 Å². The van der Waals surface area contributed by atoms with Crippen LogP contribution in [0.2, 0.25) is 0 Å². The van der Waals surface area contributed by atoms with Crippen molar-refractivity contribution in [3.8, 4) is 5.75 Å². The quantitative estimate of drug-likeness (QED) is 0.744. The molecule has 0 fully saturated rings. The Balaban J connectivity index is 3.05. The Morgan fingerprint density at radius 3 is 2.26 bits per heavy atom. The number of carbonyl (C=O) groups is 1. The normalized spacial score (nSPS) is 13.8. The van der Waals surface area contributed by atoms with E-state index in [0.29, 0.717) is 20.3 Å². The van der Waals surface area contributed by atoms with Gasteiger partial charge in [0.05, 0.1) is 13.7 Å². The maximum atomic E-state index is 11.4. The molecule has 7 heteroatoms. The fourth-order valence-electron chi connectivity index (χ4n) is 1.48. The van der Waals surface area contributed by atoms with Gasteiger partial charge >= 0.3 is 5.97 Å². The smallest absolute Gasteiger partial charge is 0.338 e. The number of halogens is 2. The third-order valence-corrected chi connectivity index (χ3v) is 3.72. The number of ether oxygens (including phenoxy) is 2. The molecule has 2 N–H and O–H groups in total. The van der Waals surface area contributed by atoms with Crippen molar-refractivity contribution in [1.82, 2.24) is 0 Å². The zero-order chi connectivity index (χ0) is 14.6. The average Bonchev–Trinajstić information content (AvgIpc) is 2.36. The lowest BCUT2D eigenvalue weighted by Gasteiger charge is -2.19. The fourth-order valence-corrected chi connectivity index (χ4v) is 3.09. The van der Waals surface area contributed by atoms with Gasteiger partial charge in [-0.25, -0.2) is 4.79 Å². The van der Waals surface area contributed by atoms with Crippen LogP contribution in [-0.2, 0) is 9.53 Å². The fraction of sp³-hybridized carbons (Fsp3) is 0.417. The number of hydrogen-bond donors (Lipinski definition) is 2. The largest absolute Gasteiger partial charge is 0.497 e. The van der Waals surface area contributed by atoms with Crippen molar-refractivity contribution in [3.05, 3.63) is 26.6 Å². The molecule has 0 heterocycles. The molecule has 0 bridgehead atoms. The lowest BCUT2D eigenvalue weighted by atomic mass is 10.0. The number of benzene rings is 1. The number of aliphatic hydroxyl groups excluding tert-OH is 2. The van der Waals surface area contributed by atoms with E-state index < -0.39 is 18.2 Å². The van der Waals surface area contributed by atoms with Gasteiger partial charge in [-0.2, -0.15) is 0 Å². The summed E-state index contributed by atoms with van der Waals surface area (Å²) in [5, 5.41) is 19.8. The number of methoxy groups -OCH3 is 1. The molecule has 0 spiro atoms. The van der Waals surface area contributed by atoms with E-state index in [1.165, 1.54) is 7.11 Å². The van der Waals surface area contributed by atoms with E-state index >= 15 is 0 Å². The number of carbonyl (C=O) groups excluding carboxylic acids is 1. The Morgan fingerprint density at radius 1 is 1.32 bits per heavy atom. The van der Waals surface area contributed by atoms with Crippen LogP contribution in [-0.4, -0.2) is 36.0 Å². The summed E-state index contributed by atoms with van der Waals surface area (Å²) < 4.78 is 10.7. The van der Waals surface area contributed by atoms with Gasteiger partial charge in [0.15, 0.2) is 6.10 Å². The monoisotopic (exact) mass is 396 g/mol. The second-order valence-electron chi connectivity index (χ2n) is 3.65. The highest BCUT2D eigenvalue weighted by Gasteiger charge is 2.30. The average molecular weight is 398 g/mol. The molecule has 0 aromatic heterocycles. The number of esters is 1. The molecule has 2 unspecified atom stereocenters. The molecule has 0 aliphatic rings. The van der Waals surface area contributed by atoms with Crippen molar-refractivity contribution in [2.75, 3.05) is 13.7 Å². The van der Waals surface area contributed by atoms with Gasteiger partial charge in [0.25, 0.3) is 0 Å². The Morgan fingerprint density at radius 2 is 1.84 bits per heavy atom. The molecule has 0 saturated carbocycles. The van der Waals surface area contributed by atoms with Crippen molar-refractivity contribution in [2.24, 2.45) is 0 Å². The summed E-state index contributed by atoms with van der Waals surface area (Å²) >= 11 is 6.53. The Hall–Kier alpha value is -0.630. The predicted molar refractivity (Wildman–Crippen MR) is 76.0 cm³/mol. The second-order valence-corrected chi connectivity index (χ2v) is 5.36. The minimum Gasteiger partial charge on any atom is -0.497 e. The Bertz CT molecular complexity index is 440. The first-order chi connectivity index (χ1) is 8.92. The van der Waals surface area contributed by atoms with Crippen LogP contribution < -0.4 is 4.74 Å². The Kier molecular flexibility index (Phi) is 6.25. The summed E-state index contributed by atoms with van der Waals surface area (Å²) in [6.07, 6.45) is -3.06. The first-order valence-corrected chi connectivity index (χ1v) is 7.06. The zero-order valence-corrected chi connectivity index (χ0v) is 13.6. The number of rotatable bonds is 5. The predicted octanol–water partition coefficient (Wildman–Crippen LogP) is 2.18. The van der Waals surface area contributed by atoms with E-state index in [-0.39, 0.29) is 6.61 Å². The summed E-state index contributed by atoms with van der Waals surface area (Å²) in [6.45, 7) is 1.75. The van der Waals surface area contributed by atoms with Crippen LogP contribution in [0, 0.1) is 0 Å². The van der Waals surface area contributed by atoms with Crippen LogP contribution in [0.1, 0.15) is 18.6 Å². The molecule has 5 nitrogen and oxygen atoms in total. The third kappa shape index (κ3) is 3.92. The molecule has 1 aromatic rings. The van der Waals surface area contributed by atoms with Crippen LogP contribution in [0.15, 0.2) is 21.1 Å². The van der Waals surface area contributed by atoms with Gasteiger partial charge in [0.2, 0.25) is 0 Å². The van der Waals surface area contributed by atoms with E-state index in [2.05, 4.69) is 36.6 Å². The maximum absolute atomic E-state index is 11.4. The summed E-state index contributed by atoms with van der Waals surface area (Å²) in [6, 6.07) is 3.25. The summed E-state index contributed by atoms with van der Waals surface area (Å²) in [4.78, 5) is 11.4. The first-order valence-electron chi connectivity index (χ1n) is 5.48. The van der Waals surface area contributed by atoms with Gasteiger partial charge in [-0.05, 0) is 19.1 Å². The maximum Gasteiger partial charge on any atom is 0.338 e. The molecule has 2 atom stereocenters. The van der Waals surface area contributed by atoms with Gasteiger partial charge in [-0.1, -0.05) is 31.9 Å². The molecule has 0 aliphatic heterocycles. The molecule has 19 heavy (non-hydrogen) atoms. The van der Waals surface area contributed by atoms with Gasteiger partial charge in [0, 0.05) is 14.5 Å². The standard InChI is InChI=1S/C12H14Br2O5/c1-3-19-12(17)11(16)10(15)9-7(13)4-6(18-2)5-8(9)14/h4-5,10-11,15-16H,3H2,1-2H3. The van der Waals surface area contributed by atoms with Crippen molar-refractivity contribution in [1.29, 1.82) is 0 Å². The minimum atomic E-state index is -1.65. The van der Waals surface area contributed by atoms with Crippen LogP contribution >= 0.6 is 31.9 Å². The van der Waals surface area contributed by atoms with Crippen molar-refractivity contribution in [2.45, 2.75) is 19.1 Å². The zero-order valence-electron chi connectivity index (χ0n) is 10.4. The summed E-state index contributed by atoms with van der Waals surface area (Å²) in [5.74, 6) is -0.301. The van der Waals surface area contributed by atoms with Gasteiger partial charge in [0.1, 0.15) is 11.9 Å². The van der Waals surface area contributed by atoms with E-state index in [1.54, 1.807) is 19.1 Å². The van der Waals surface area contributed by atoms with Gasteiger partial charge in [-0.3, -0.25) is 0 Å². The second kappa shape index (κ2) is 7.23. The van der Waals surface area contributed by atoms with Crippen LogP contribution in [0.4, 0.5) is 0 Å². The first kappa shape index (κ1) is 16.4. The summed E-state index contributed by atoms with van der Waals surface area (Å²) in [7, 11) is 1.51. The third-order valence-electron chi connectivity index (χ3n) is 2.41. The molecule has 106 valence electrons. The van der Waals surface area contributed by atoms with E-state index in [9.17, 15) is 15.0 Å². The SMILES string of the molecule is CCOC(=O)C(O)C(O)c1c(Br)cc(OC)cc1Br. The lowest BCUT2D eigenvalue weighted by Crippen LogP contribution is -2.30. The molecule has 0 aliphatic carbocycles. The number of hydrogen-bond acceptors (Lipinski definition) is 5. The lowest BCUT2D eigenvalue weighted by molar-refractivity contribution is -0.159. The van der Waals surface area contributed by atoms with E-state index in [0.717, 1.165) is 0 Å². The molecule has 1 aromatic carbocycles. The van der Waals surface area contributed by atoms with E-state index in [4.69, 9.17) is 4.74 Å². The molecule has 1 rings (SSSR count). The molecule has 0 radical (unpaired) electrons.